The lowest BCUT2D eigenvalue weighted by Crippen LogP contribution is -2.50. The molecule has 1 aliphatic carbocycles. The Morgan fingerprint density at radius 1 is 1.05 bits per heavy atom. The number of anilines is 1. The van der Waals surface area contributed by atoms with Crippen LogP contribution in [0.3, 0.4) is 0 Å². The maximum Gasteiger partial charge on any atom is 0.242 e. The third-order valence-corrected chi connectivity index (χ3v) is 8.56. The first-order valence-corrected chi connectivity index (χ1v) is 15.2. The van der Waals surface area contributed by atoms with Gasteiger partial charge in [-0.2, -0.15) is 0 Å². The molecule has 2 aromatic rings. The van der Waals surface area contributed by atoms with Gasteiger partial charge in [-0.1, -0.05) is 67.3 Å². The van der Waals surface area contributed by atoms with Crippen LogP contribution in [0.5, 0.6) is 0 Å². The van der Waals surface area contributed by atoms with Gasteiger partial charge >= 0.3 is 0 Å². The summed E-state index contributed by atoms with van der Waals surface area (Å²) in [5.74, 6) is -0.338. The highest BCUT2D eigenvalue weighted by molar-refractivity contribution is 7.92. The summed E-state index contributed by atoms with van der Waals surface area (Å²) in [5, 5.41) is 3.61. The zero-order chi connectivity index (χ0) is 27.0. The number of halogens is 1. The minimum Gasteiger partial charge on any atom is -0.352 e. The second-order valence-electron chi connectivity index (χ2n) is 9.85. The standard InChI is InChI=1S/C28H38ClN3O4S/c1-21-25(29)16-10-17-26(21)32(37(3,35)36)19-11-18-27(33)31(20-23-12-6-4-7-13-23)22(2)28(34)30-24-14-8-5-9-15-24/h4,6-7,10,12-13,16-17,22,24H,5,8-9,11,14-15,18-20H2,1-3H3,(H,30,34)/t22-/m0/s1. The van der Waals surface area contributed by atoms with Crippen LogP contribution in [0.2, 0.25) is 5.02 Å². The fourth-order valence-corrected chi connectivity index (χ4v) is 5.97. The number of hydrogen-bond acceptors (Lipinski definition) is 4. The van der Waals surface area contributed by atoms with E-state index in [1.54, 1.807) is 36.9 Å². The minimum absolute atomic E-state index is 0.111. The van der Waals surface area contributed by atoms with Crippen LogP contribution < -0.4 is 9.62 Å². The van der Waals surface area contributed by atoms with Crippen LogP contribution >= 0.6 is 11.6 Å². The molecule has 0 aliphatic heterocycles. The number of carbonyl (C=O) groups excluding carboxylic acids is 2. The molecule has 0 heterocycles. The third-order valence-electron chi connectivity index (χ3n) is 6.97. The Balaban J connectivity index is 1.71. The average Bonchev–Trinajstić information content (AvgIpc) is 2.87. The van der Waals surface area contributed by atoms with Crippen molar-refractivity contribution >= 4 is 39.1 Å². The SMILES string of the molecule is Cc1c(Cl)cccc1N(CCCC(=O)N(Cc1ccccc1)[C@@H](C)C(=O)NC1CCCCC1)S(C)(=O)=O. The van der Waals surface area contributed by atoms with E-state index in [1.165, 1.54) is 10.7 Å². The van der Waals surface area contributed by atoms with E-state index >= 15 is 0 Å². The monoisotopic (exact) mass is 547 g/mol. The van der Waals surface area contributed by atoms with Crippen molar-refractivity contribution in [3.8, 4) is 0 Å². The van der Waals surface area contributed by atoms with Gasteiger partial charge in [-0.3, -0.25) is 13.9 Å². The Labute approximate surface area is 226 Å². The zero-order valence-electron chi connectivity index (χ0n) is 22.0. The van der Waals surface area contributed by atoms with Gasteiger partial charge in [0.05, 0.1) is 11.9 Å². The summed E-state index contributed by atoms with van der Waals surface area (Å²) in [6.07, 6.45) is 6.91. The largest absolute Gasteiger partial charge is 0.352 e. The summed E-state index contributed by atoms with van der Waals surface area (Å²) >= 11 is 6.23. The molecule has 1 saturated carbocycles. The highest BCUT2D eigenvalue weighted by atomic mass is 35.5. The van der Waals surface area contributed by atoms with Gasteiger partial charge in [0.25, 0.3) is 0 Å². The Morgan fingerprint density at radius 3 is 2.38 bits per heavy atom. The van der Waals surface area contributed by atoms with E-state index in [4.69, 9.17) is 11.6 Å². The molecule has 2 amide bonds. The van der Waals surface area contributed by atoms with Gasteiger partial charge in [-0.25, -0.2) is 8.42 Å². The Kier molecular flexibility index (Phi) is 10.4. The fraction of sp³-hybridized carbons (Fsp3) is 0.500. The summed E-state index contributed by atoms with van der Waals surface area (Å²) in [7, 11) is -3.58. The van der Waals surface area contributed by atoms with Crippen molar-refractivity contribution < 1.29 is 18.0 Å². The summed E-state index contributed by atoms with van der Waals surface area (Å²) in [6.45, 7) is 3.97. The van der Waals surface area contributed by atoms with E-state index in [0.717, 1.165) is 37.5 Å². The molecule has 7 nitrogen and oxygen atoms in total. The highest BCUT2D eigenvalue weighted by Gasteiger charge is 2.28. The van der Waals surface area contributed by atoms with Crippen molar-refractivity contribution in [3.63, 3.8) is 0 Å². The van der Waals surface area contributed by atoms with Gasteiger partial charge in [0.1, 0.15) is 6.04 Å². The van der Waals surface area contributed by atoms with Crippen molar-refractivity contribution in [2.24, 2.45) is 0 Å². The molecule has 0 aromatic heterocycles. The third kappa shape index (κ3) is 8.20. The molecule has 3 rings (SSSR count). The summed E-state index contributed by atoms with van der Waals surface area (Å²) in [6, 6.07) is 14.2. The van der Waals surface area contributed by atoms with Gasteiger partial charge < -0.3 is 10.2 Å². The van der Waals surface area contributed by atoms with E-state index in [0.29, 0.717) is 29.2 Å². The first-order valence-electron chi connectivity index (χ1n) is 12.9. The molecule has 1 N–H and O–H groups in total. The van der Waals surface area contributed by atoms with Gasteiger partial charge in [-0.05, 0) is 56.4 Å². The molecule has 37 heavy (non-hydrogen) atoms. The van der Waals surface area contributed by atoms with E-state index in [1.807, 2.05) is 30.3 Å². The molecule has 1 atom stereocenters. The average molecular weight is 548 g/mol. The van der Waals surface area contributed by atoms with E-state index < -0.39 is 16.1 Å². The van der Waals surface area contributed by atoms with Crippen LogP contribution in [-0.4, -0.2) is 50.0 Å². The topological polar surface area (TPSA) is 86.8 Å². The first kappa shape index (κ1) is 29.0. The minimum atomic E-state index is -3.58. The second kappa shape index (κ2) is 13.3. The molecular formula is C28H38ClN3O4S. The quantitative estimate of drug-likeness (QED) is 0.426. The first-order chi connectivity index (χ1) is 17.6. The molecule has 0 bridgehead atoms. The summed E-state index contributed by atoms with van der Waals surface area (Å²) in [5.41, 5.74) is 2.10. The molecule has 0 unspecified atom stereocenters. The van der Waals surface area contributed by atoms with E-state index in [-0.39, 0.29) is 30.8 Å². The molecule has 9 heteroatoms. The number of nitrogens with one attached hydrogen (secondary N) is 1. The number of hydrogen-bond donors (Lipinski definition) is 1. The number of rotatable bonds is 11. The van der Waals surface area contributed by atoms with Crippen LogP contribution in [0.1, 0.15) is 63.0 Å². The maximum absolute atomic E-state index is 13.4. The fourth-order valence-electron chi connectivity index (χ4n) is 4.78. The summed E-state index contributed by atoms with van der Waals surface area (Å²) < 4.78 is 26.4. The number of nitrogens with zero attached hydrogens (tertiary/aromatic N) is 2. The molecule has 1 fully saturated rings. The van der Waals surface area contributed by atoms with Gasteiger partial charge in [0, 0.05) is 30.6 Å². The van der Waals surface area contributed by atoms with Crippen LogP contribution in [0.25, 0.3) is 0 Å². The Bertz CT molecular complexity index is 1170. The van der Waals surface area contributed by atoms with Gasteiger partial charge in [0.2, 0.25) is 21.8 Å². The molecule has 0 spiro atoms. The lowest BCUT2D eigenvalue weighted by Gasteiger charge is -2.31. The summed E-state index contributed by atoms with van der Waals surface area (Å²) in [4.78, 5) is 28.1. The van der Waals surface area contributed by atoms with E-state index in [9.17, 15) is 18.0 Å². The molecule has 1 aliphatic rings. The molecule has 0 radical (unpaired) electrons. The number of sulfonamides is 1. The molecule has 202 valence electrons. The lowest BCUT2D eigenvalue weighted by atomic mass is 9.95. The maximum atomic E-state index is 13.4. The number of benzene rings is 2. The normalized spacial score (nSPS) is 15.1. The van der Waals surface area contributed by atoms with Crippen molar-refractivity contribution in [3.05, 3.63) is 64.7 Å². The molecule has 0 saturated heterocycles. The van der Waals surface area contributed by atoms with Crippen molar-refractivity contribution in [2.45, 2.75) is 77.4 Å². The Morgan fingerprint density at radius 2 is 1.73 bits per heavy atom. The van der Waals surface area contributed by atoms with Gasteiger partial charge in [-0.15, -0.1) is 0 Å². The molecule has 2 aromatic carbocycles. The smallest absolute Gasteiger partial charge is 0.242 e. The van der Waals surface area contributed by atoms with Crippen LogP contribution in [-0.2, 0) is 26.2 Å². The zero-order valence-corrected chi connectivity index (χ0v) is 23.5. The van der Waals surface area contributed by atoms with Crippen LogP contribution in [0.4, 0.5) is 5.69 Å². The van der Waals surface area contributed by atoms with Crippen molar-refractivity contribution in [1.82, 2.24) is 10.2 Å². The Hall–Kier alpha value is -2.58. The highest BCUT2D eigenvalue weighted by Crippen LogP contribution is 2.28. The molecular weight excluding hydrogens is 510 g/mol. The second-order valence-corrected chi connectivity index (χ2v) is 12.2. The van der Waals surface area contributed by atoms with E-state index in [2.05, 4.69) is 5.32 Å². The van der Waals surface area contributed by atoms with Crippen LogP contribution in [0.15, 0.2) is 48.5 Å². The van der Waals surface area contributed by atoms with Crippen LogP contribution in [0, 0.1) is 6.92 Å². The number of amides is 2. The van der Waals surface area contributed by atoms with Crippen molar-refractivity contribution in [2.75, 3.05) is 17.1 Å². The van der Waals surface area contributed by atoms with Gasteiger partial charge in [0.15, 0.2) is 0 Å². The predicted molar refractivity (Wildman–Crippen MR) is 149 cm³/mol. The predicted octanol–water partition coefficient (Wildman–Crippen LogP) is 5.06. The number of carbonyl (C=O) groups is 2. The van der Waals surface area contributed by atoms with Crippen molar-refractivity contribution in [1.29, 1.82) is 0 Å². The lowest BCUT2D eigenvalue weighted by molar-refractivity contribution is -0.141.